The topological polar surface area (TPSA) is 98.5 Å². The van der Waals surface area contributed by atoms with Crippen molar-refractivity contribution in [3.8, 4) is 0 Å². The van der Waals surface area contributed by atoms with E-state index in [-0.39, 0.29) is 18.1 Å². The molecule has 1 aromatic carbocycles. The number of carbonyl (C=O) groups excluding carboxylic acids is 3. The van der Waals surface area contributed by atoms with Crippen LogP contribution in [0, 0.1) is 17.6 Å². The van der Waals surface area contributed by atoms with Crippen molar-refractivity contribution in [2.24, 2.45) is 11.7 Å². The fourth-order valence-corrected chi connectivity index (χ4v) is 2.56. The van der Waals surface area contributed by atoms with Crippen LogP contribution in [0.1, 0.15) is 20.3 Å². The van der Waals surface area contributed by atoms with Gasteiger partial charge in [-0.2, -0.15) is 0 Å². The molecule has 0 aliphatic carbocycles. The summed E-state index contributed by atoms with van der Waals surface area (Å²) in [4.78, 5) is 34.7. The molecular weight excluding hydrogens is 342 g/mol. The molecule has 1 atom stereocenters. The number of nitrogens with one attached hydrogen (secondary N) is 1. The minimum Gasteiger partial charge on any atom is -0.452 e. The number of primary amides is 1. The standard InChI is InChI=1S/C15H18F2N2O4S/c1-8(2)13(14(21)19-15(18)22)23-12(20)5-6-24-9-3-4-10(16)11(17)7-9/h3-4,7-8,13H,5-6H2,1-2H3,(H3,18,19,21,22)/t13-/m0/s1. The molecule has 0 unspecified atom stereocenters. The number of esters is 1. The van der Waals surface area contributed by atoms with Crippen molar-refractivity contribution in [1.29, 1.82) is 0 Å². The van der Waals surface area contributed by atoms with E-state index in [9.17, 15) is 23.2 Å². The van der Waals surface area contributed by atoms with E-state index < -0.39 is 35.6 Å². The summed E-state index contributed by atoms with van der Waals surface area (Å²) in [5.74, 6) is -3.45. The highest BCUT2D eigenvalue weighted by Crippen LogP contribution is 2.21. The summed E-state index contributed by atoms with van der Waals surface area (Å²) in [5, 5.41) is 1.86. The average Bonchev–Trinajstić information content (AvgIpc) is 2.47. The minimum absolute atomic E-state index is 0.0449. The van der Waals surface area contributed by atoms with Crippen molar-refractivity contribution in [2.45, 2.75) is 31.3 Å². The molecule has 0 radical (unpaired) electrons. The first-order chi connectivity index (χ1) is 11.2. The lowest BCUT2D eigenvalue weighted by Gasteiger charge is -2.19. The second kappa shape index (κ2) is 9.21. The fraction of sp³-hybridized carbons (Fsp3) is 0.400. The van der Waals surface area contributed by atoms with Gasteiger partial charge >= 0.3 is 12.0 Å². The van der Waals surface area contributed by atoms with Gasteiger partial charge in [-0.25, -0.2) is 13.6 Å². The average molecular weight is 360 g/mol. The Morgan fingerprint density at radius 3 is 2.46 bits per heavy atom. The quantitative estimate of drug-likeness (QED) is 0.574. The van der Waals surface area contributed by atoms with Gasteiger partial charge in [0.15, 0.2) is 17.7 Å². The molecule has 0 fully saturated rings. The minimum atomic E-state index is -1.14. The van der Waals surface area contributed by atoms with Gasteiger partial charge in [0, 0.05) is 10.6 Å². The van der Waals surface area contributed by atoms with Gasteiger partial charge < -0.3 is 10.5 Å². The molecule has 1 rings (SSSR count). The van der Waals surface area contributed by atoms with Crippen LogP contribution in [0.2, 0.25) is 0 Å². The summed E-state index contributed by atoms with van der Waals surface area (Å²) in [6, 6.07) is 2.39. The number of benzene rings is 1. The maximum Gasteiger partial charge on any atom is 0.318 e. The Kier molecular flexibility index (Phi) is 7.63. The highest BCUT2D eigenvalue weighted by Gasteiger charge is 2.27. The fourth-order valence-electron chi connectivity index (χ4n) is 1.70. The first-order valence-electron chi connectivity index (χ1n) is 7.08. The number of thioether (sulfide) groups is 1. The van der Waals surface area contributed by atoms with Crippen molar-refractivity contribution in [3.63, 3.8) is 0 Å². The number of urea groups is 1. The summed E-state index contributed by atoms with van der Waals surface area (Å²) in [6.07, 6.45) is -1.19. The summed E-state index contributed by atoms with van der Waals surface area (Å²) < 4.78 is 30.9. The van der Waals surface area contributed by atoms with E-state index in [1.54, 1.807) is 13.8 Å². The smallest absolute Gasteiger partial charge is 0.318 e. The molecule has 0 aliphatic rings. The van der Waals surface area contributed by atoms with Crippen LogP contribution in [-0.2, 0) is 14.3 Å². The highest BCUT2D eigenvalue weighted by atomic mass is 32.2. The van der Waals surface area contributed by atoms with Crippen LogP contribution in [0.25, 0.3) is 0 Å². The number of carbonyl (C=O) groups is 3. The third-order valence-electron chi connectivity index (χ3n) is 2.83. The molecule has 24 heavy (non-hydrogen) atoms. The molecule has 0 aromatic heterocycles. The zero-order valence-electron chi connectivity index (χ0n) is 13.2. The molecule has 1 aromatic rings. The van der Waals surface area contributed by atoms with Gasteiger partial charge in [-0.1, -0.05) is 13.8 Å². The normalized spacial score (nSPS) is 11.9. The molecule has 132 valence electrons. The van der Waals surface area contributed by atoms with Crippen LogP contribution in [-0.4, -0.2) is 29.8 Å². The number of halogens is 2. The Morgan fingerprint density at radius 1 is 1.25 bits per heavy atom. The van der Waals surface area contributed by atoms with Gasteiger partial charge in [0.05, 0.1) is 6.42 Å². The Labute approximate surface area is 142 Å². The predicted molar refractivity (Wildman–Crippen MR) is 84.1 cm³/mol. The number of nitrogens with two attached hydrogens (primary N) is 1. The van der Waals surface area contributed by atoms with Crippen molar-refractivity contribution in [3.05, 3.63) is 29.8 Å². The Bertz CT molecular complexity index is 625. The second-order valence-electron chi connectivity index (χ2n) is 5.18. The lowest BCUT2D eigenvalue weighted by Crippen LogP contribution is -2.45. The predicted octanol–water partition coefficient (Wildman–Crippen LogP) is 2.21. The lowest BCUT2D eigenvalue weighted by atomic mass is 10.1. The summed E-state index contributed by atoms with van der Waals surface area (Å²) in [5.41, 5.74) is 4.86. The third-order valence-corrected chi connectivity index (χ3v) is 3.83. The van der Waals surface area contributed by atoms with Crippen LogP contribution in [0.15, 0.2) is 23.1 Å². The summed E-state index contributed by atoms with van der Waals surface area (Å²) in [7, 11) is 0. The zero-order valence-corrected chi connectivity index (χ0v) is 14.0. The van der Waals surface area contributed by atoms with Crippen LogP contribution < -0.4 is 11.1 Å². The Balaban J connectivity index is 2.49. The Morgan fingerprint density at radius 2 is 1.92 bits per heavy atom. The van der Waals surface area contributed by atoms with E-state index in [1.165, 1.54) is 6.07 Å². The van der Waals surface area contributed by atoms with Gasteiger partial charge in [-0.15, -0.1) is 11.8 Å². The molecule has 0 bridgehead atoms. The molecule has 6 nitrogen and oxygen atoms in total. The summed E-state index contributed by atoms with van der Waals surface area (Å²) in [6.45, 7) is 3.29. The summed E-state index contributed by atoms with van der Waals surface area (Å²) >= 11 is 1.14. The van der Waals surface area contributed by atoms with E-state index in [0.717, 1.165) is 23.9 Å². The number of hydrogen-bond acceptors (Lipinski definition) is 5. The van der Waals surface area contributed by atoms with E-state index in [2.05, 4.69) is 0 Å². The van der Waals surface area contributed by atoms with Crippen molar-refractivity contribution in [1.82, 2.24) is 5.32 Å². The van der Waals surface area contributed by atoms with E-state index >= 15 is 0 Å². The van der Waals surface area contributed by atoms with Crippen molar-refractivity contribution in [2.75, 3.05) is 5.75 Å². The first-order valence-corrected chi connectivity index (χ1v) is 8.07. The van der Waals surface area contributed by atoms with Crippen LogP contribution in [0.3, 0.4) is 0 Å². The maximum atomic E-state index is 13.1. The molecule has 0 saturated carbocycles. The number of rotatable bonds is 7. The van der Waals surface area contributed by atoms with Crippen molar-refractivity contribution < 1.29 is 27.9 Å². The molecular formula is C15H18F2N2O4S. The third kappa shape index (κ3) is 6.53. The van der Waals surface area contributed by atoms with Crippen LogP contribution in [0.5, 0.6) is 0 Å². The number of ether oxygens (including phenoxy) is 1. The van der Waals surface area contributed by atoms with E-state index in [1.807, 2.05) is 5.32 Å². The van der Waals surface area contributed by atoms with E-state index in [4.69, 9.17) is 10.5 Å². The number of imide groups is 1. The van der Waals surface area contributed by atoms with Gasteiger partial charge in [-0.3, -0.25) is 14.9 Å². The maximum absolute atomic E-state index is 13.1. The van der Waals surface area contributed by atoms with E-state index in [0.29, 0.717) is 4.90 Å². The monoisotopic (exact) mass is 360 g/mol. The van der Waals surface area contributed by atoms with Crippen molar-refractivity contribution >= 4 is 29.7 Å². The van der Waals surface area contributed by atoms with Crippen LogP contribution >= 0.6 is 11.8 Å². The van der Waals surface area contributed by atoms with Gasteiger partial charge in [0.1, 0.15) is 0 Å². The molecule has 0 aliphatic heterocycles. The molecule has 3 amide bonds. The van der Waals surface area contributed by atoms with Gasteiger partial charge in [0.25, 0.3) is 5.91 Å². The largest absolute Gasteiger partial charge is 0.452 e. The van der Waals surface area contributed by atoms with Gasteiger partial charge in [-0.05, 0) is 24.1 Å². The number of hydrogen-bond donors (Lipinski definition) is 2. The highest BCUT2D eigenvalue weighted by molar-refractivity contribution is 7.99. The molecule has 9 heteroatoms. The lowest BCUT2D eigenvalue weighted by molar-refractivity contribution is -0.157. The zero-order chi connectivity index (χ0) is 18.3. The number of amides is 3. The first kappa shape index (κ1) is 19.9. The molecule has 0 saturated heterocycles. The SMILES string of the molecule is CC(C)[C@H](OC(=O)CCSc1ccc(F)c(F)c1)C(=O)NC(N)=O. The second-order valence-corrected chi connectivity index (χ2v) is 6.35. The molecule has 0 spiro atoms. The molecule has 3 N–H and O–H groups in total. The van der Waals surface area contributed by atoms with Gasteiger partial charge in [0.2, 0.25) is 0 Å². The van der Waals surface area contributed by atoms with Crippen LogP contribution in [0.4, 0.5) is 13.6 Å². The Hall–Kier alpha value is -2.16. The molecule has 0 heterocycles.